The number of aliphatic hydroxyl groups is 1. The van der Waals surface area contributed by atoms with E-state index in [0.29, 0.717) is 13.2 Å². The van der Waals surface area contributed by atoms with Crippen molar-refractivity contribution in [3.05, 3.63) is 29.8 Å². The predicted octanol–water partition coefficient (Wildman–Crippen LogP) is 2.97. The Kier molecular flexibility index (Phi) is 9.96. The van der Waals surface area contributed by atoms with Gasteiger partial charge in [-0.05, 0) is 43.7 Å². The molecule has 1 heterocycles. The molecule has 1 saturated heterocycles. The molecule has 1 fully saturated rings. The van der Waals surface area contributed by atoms with Gasteiger partial charge in [-0.15, -0.1) is 24.0 Å². The summed E-state index contributed by atoms with van der Waals surface area (Å²) < 4.78 is 5.48. The van der Waals surface area contributed by atoms with E-state index in [2.05, 4.69) is 34.3 Å². The van der Waals surface area contributed by atoms with Crippen LogP contribution in [0, 0.1) is 0 Å². The fraction of sp³-hybridized carbons (Fsp3) is 0.611. The van der Waals surface area contributed by atoms with Gasteiger partial charge in [-0.1, -0.05) is 12.1 Å². The third kappa shape index (κ3) is 7.22. The maximum absolute atomic E-state index is 10.5. The molecular weight excluding hydrogens is 449 g/mol. The van der Waals surface area contributed by atoms with Crippen LogP contribution in [0.15, 0.2) is 29.3 Å². The molecule has 25 heavy (non-hydrogen) atoms. The summed E-state index contributed by atoms with van der Waals surface area (Å²) in [6, 6.07) is 8.14. The van der Waals surface area contributed by atoms with Crippen LogP contribution in [-0.2, 0) is 6.54 Å². The summed E-state index contributed by atoms with van der Waals surface area (Å²) in [5.74, 6) is 3.52. The molecule has 1 aliphatic heterocycles. The highest BCUT2D eigenvalue weighted by Crippen LogP contribution is 2.28. The Labute approximate surface area is 172 Å². The molecule has 142 valence electrons. The molecule has 1 aromatic rings. The van der Waals surface area contributed by atoms with Crippen LogP contribution in [0.1, 0.15) is 25.8 Å². The minimum Gasteiger partial charge on any atom is -0.494 e. The molecule has 2 rings (SSSR count). The van der Waals surface area contributed by atoms with Crippen molar-refractivity contribution in [2.24, 2.45) is 4.99 Å². The van der Waals surface area contributed by atoms with Crippen LogP contribution in [0.2, 0.25) is 0 Å². The maximum Gasteiger partial charge on any atom is 0.194 e. The lowest BCUT2D eigenvalue weighted by Crippen LogP contribution is -2.41. The number of nitrogens with zero attached hydrogens (tertiary/aromatic N) is 2. The molecule has 0 spiro atoms. The Morgan fingerprint density at radius 2 is 2.08 bits per heavy atom. The Balaban J connectivity index is 0.00000312. The Bertz CT molecular complexity index is 534. The molecule has 1 aromatic carbocycles. The van der Waals surface area contributed by atoms with Crippen LogP contribution >= 0.6 is 35.7 Å². The highest BCUT2D eigenvalue weighted by molar-refractivity contribution is 14.0. The normalized spacial score (nSPS) is 20.1. The smallest absolute Gasteiger partial charge is 0.194 e. The lowest BCUT2D eigenvalue weighted by atomic mass is 10.0. The number of aliphatic imine (C=N–C) groups is 1. The van der Waals surface area contributed by atoms with Gasteiger partial charge >= 0.3 is 0 Å². The third-order valence-electron chi connectivity index (χ3n) is 3.96. The molecule has 0 bridgehead atoms. The van der Waals surface area contributed by atoms with Gasteiger partial charge in [0.2, 0.25) is 0 Å². The van der Waals surface area contributed by atoms with Crippen molar-refractivity contribution in [3.8, 4) is 5.75 Å². The number of halogens is 1. The molecule has 0 aliphatic carbocycles. The summed E-state index contributed by atoms with van der Waals surface area (Å²) in [6.45, 7) is 6.73. The lowest BCUT2D eigenvalue weighted by molar-refractivity contribution is 0.0776. The first-order valence-electron chi connectivity index (χ1n) is 8.57. The number of hydrogen-bond donors (Lipinski definition) is 2. The Hall–Kier alpha value is -0.670. The standard InChI is InChI=1S/C18H29N3O2S.HI/c1-4-19-17(20-13-18(22)10-11-24-14-18)21(3)12-15-6-8-16(9-7-15)23-5-2;/h6-9,22H,4-5,10-14H2,1-3H3,(H,19,20);1H. The van der Waals surface area contributed by atoms with Crippen molar-refractivity contribution in [2.45, 2.75) is 32.4 Å². The average molecular weight is 479 g/mol. The van der Waals surface area contributed by atoms with Crippen LogP contribution in [-0.4, -0.2) is 59.8 Å². The molecule has 0 amide bonds. The van der Waals surface area contributed by atoms with E-state index in [9.17, 15) is 5.11 Å². The van der Waals surface area contributed by atoms with Gasteiger partial charge in [-0.2, -0.15) is 11.8 Å². The van der Waals surface area contributed by atoms with Gasteiger partial charge in [0, 0.05) is 25.9 Å². The van der Waals surface area contributed by atoms with E-state index >= 15 is 0 Å². The average Bonchev–Trinajstić information content (AvgIpc) is 3.00. The highest BCUT2D eigenvalue weighted by atomic mass is 127. The number of rotatable bonds is 7. The predicted molar refractivity (Wildman–Crippen MR) is 117 cm³/mol. The van der Waals surface area contributed by atoms with E-state index in [4.69, 9.17) is 4.74 Å². The number of nitrogens with one attached hydrogen (secondary N) is 1. The zero-order valence-electron chi connectivity index (χ0n) is 15.3. The van der Waals surface area contributed by atoms with Gasteiger partial charge in [-0.25, -0.2) is 0 Å². The molecule has 0 saturated carbocycles. The van der Waals surface area contributed by atoms with Crippen molar-refractivity contribution in [1.29, 1.82) is 0 Å². The topological polar surface area (TPSA) is 57.1 Å². The summed E-state index contributed by atoms with van der Waals surface area (Å²) in [6.07, 6.45) is 0.823. The van der Waals surface area contributed by atoms with Crippen LogP contribution in [0.4, 0.5) is 0 Å². The van der Waals surface area contributed by atoms with Crippen molar-refractivity contribution in [3.63, 3.8) is 0 Å². The van der Waals surface area contributed by atoms with Gasteiger partial charge in [0.05, 0.1) is 18.8 Å². The minimum absolute atomic E-state index is 0. The molecule has 1 atom stereocenters. The largest absolute Gasteiger partial charge is 0.494 e. The Morgan fingerprint density at radius 1 is 1.36 bits per heavy atom. The van der Waals surface area contributed by atoms with Crippen molar-refractivity contribution in [2.75, 3.05) is 38.2 Å². The lowest BCUT2D eigenvalue weighted by Gasteiger charge is -2.25. The summed E-state index contributed by atoms with van der Waals surface area (Å²) in [7, 11) is 2.02. The van der Waals surface area contributed by atoms with E-state index in [0.717, 1.165) is 42.7 Å². The molecule has 5 nitrogen and oxygen atoms in total. The summed E-state index contributed by atoms with van der Waals surface area (Å²) in [5, 5.41) is 13.8. The van der Waals surface area contributed by atoms with Crippen LogP contribution < -0.4 is 10.1 Å². The molecular formula is C18H30IN3O2S. The fourth-order valence-electron chi connectivity index (χ4n) is 2.62. The SMILES string of the molecule is CCNC(=NCC1(O)CCSC1)N(C)Cc1ccc(OCC)cc1.I. The molecule has 1 unspecified atom stereocenters. The monoisotopic (exact) mass is 479 g/mol. The van der Waals surface area contributed by atoms with Gasteiger partial charge in [-0.3, -0.25) is 4.99 Å². The molecule has 0 radical (unpaired) electrons. The number of hydrogen-bond acceptors (Lipinski definition) is 4. The number of ether oxygens (including phenoxy) is 1. The van der Waals surface area contributed by atoms with E-state index in [1.807, 2.05) is 26.1 Å². The minimum atomic E-state index is -0.648. The number of benzene rings is 1. The second kappa shape index (κ2) is 11.1. The van der Waals surface area contributed by atoms with Gasteiger partial charge < -0.3 is 20.1 Å². The fourth-order valence-corrected chi connectivity index (χ4v) is 3.90. The molecule has 7 heteroatoms. The van der Waals surface area contributed by atoms with E-state index in [1.54, 1.807) is 11.8 Å². The second-order valence-corrected chi connectivity index (χ2v) is 7.24. The molecule has 0 aromatic heterocycles. The third-order valence-corrected chi connectivity index (χ3v) is 5.19. The quantitative estimate of drug-likeness (QED) is 0.358. The van der Waals surface area contributed by atoms with Crippen LogP contribution in [0.25, 0.3) is 0 Å². The van der Waals surface area contributed by atoms with Crippen molar-refractivity contribution < 1.29 is 9.84 Å². The first-order valence-corrected chi connectivity index (χ1v) is 9.73. The number of thioether (sulfide) groups is 1. The molecule has 2 N–H and O–H groups in total. The van der Waals surface area contributed by atoms with E-state index in [-0.39, 0.29) is 24.0 Å². The zero-order chi connectivity index (χ0) is 17.4. The first-order chi connectivity index (χ1) is 11.6. The van der Waals surface area contributed by atoms with Crippen LogP contribution in [0.3, 0.4) is 0 Å². The molecule has 1 aliphatic rings. The summed E-state index contributed by atoms with van der Waals surface area (Å²) in [5.41, 5.74) is 0.549. The van der Waals surface area contributed by atoms with Crippen molar-refractivity contribution >= 4 is 41.7 Å². The van der Waals surface area contributed by atoms with Crippen LogP contribution in [0.5, 0.6) is 5.75 Å². The van der Waals surface area contributed by atoms with E-state index in [1.165, 1.54) is 5.56 Å². The van der Waals surface area contributed by atoms with Gasteiger partial charge in [0.25, 0.3) is 0 Å². The second-order valence-electron chi connectivity index (χ2n) is 6.13. The summed E-state index contributed by atoms with van der Waals surface area (Å²) in [4.78, 5) is 6.74. The first kappa shape index (κ1) is 22.4. The highest BCUT2D eigenvalue weighted by Gasteiger charge is 2.31. The Morgan fingerprint density at radius 3 is 2.64 bits per heavy atom. The zero-order valence-corrected chi connectivity index (χ0v) is 18.5. The van der Waals surface area contributed by atoms with E-state index < -0.39 is 5.60 Å². The van der Waals surface area contributed by atoms with Gasteiger partial charge in [0.15, 0.2) is 5.96 Å². The maximum atomic E-state index is 10.5. The summed E-state index contributed by atoms with van der Waals surface area (Å²) >= 11 is 1.80. The van der Waals surface area contributed by atoms with Gasteiger partial charge in [0.1, 0.15) is 5.75 Å². The number of guanidine groups is 1. The van der Waals surface area contributed by atoms with Crippen molar-refractivity contribution in [1.82, 2.24) is 10.2 Å².